The molecule has 1 saturated heterocycles. The van der Waals surface area contributed by atoms with Crippen molar-refractivity contribution >= 4 is 44.9 Å². The number of nitro groups is 1. The van der Waals surface area contributed by atoms with Gasteiger partial charge >= 0.3 is 5.91 Å². The highest BCUT2D eigenvalue weighted by Gasteiger charge is 2.48. The van der Waals surface area contributed by atoms with Crippen molar-refractivity contribution in [2.75, 3.05) is 4.90 Å². The molecule has 2 heterocycles. The van der Waals surface area contributed by atoms with Crippen LogP contribution in [0, 0.1) is 15.9 Å². The van der Waals surface area contributed by atoms with Crippen LogP contribution < -0.4 is 4.90 Å². The molecule has 0 radical (unpaired) electrons. The Bertz CT molecular complexity index is 1280. The Balaban J connectivity index is 1.93. The van der Waals surface area contributed by atoms with Gasteiger partial charge in [-0.3, -0.25) is 24.6 Å². The minimum atomic E-state index is -1.29. The molecule has 1 aliphatic rings. The number of carbonyl (C=O) groups excluding carboxylic acids is 2. The molecule has 10 heteroatoms. The predicted octanol–water partition coefficient (Wildman–Crippen LogP) is 4.52. The number of amides is 1. The Hall–Kier alpha value is -3.92. The molecule has 0 spiro atoms. The van der Waals surface area contributed by atoms with Crippen LogP contribution in [0.2, 0.25) is 0 Å². The SMILES string of the molecule is O=C1C(=O)N(c2ccc(Br)cn2)[C@@H](c2ccccc2F)C1=C(O)c1ccc([N+](=O)[O-])cc1. The number of halogens is 2. The maximum atomic E-state index is 14.8. The standard InChI is InChI=1S/C22H13BrFN3O5/c23-13-7-10-17(25-11-13)26-19(15-3-1-2-4-16(15)24)18(21(29)22(26)30)20(28)12-5-8-14(9-6-12)27(31)32/h1-11,19,28H/t19-/m0/s1. The van der Waals surface area contributed by atoms with E-state index in [0.717, 1.165) is 17.0 Å². The fourth-order valence-electron chi connectivity index (χ4n) is 3.47. The number of anilines is 1. The predicted molar refractivity (Wildman–Crippen MR) is 116 cm³/mol. The van der Waals surface area contributed by atoms with Gasteiger partial charge in [-0.25, -0.2) is 9.37 Å². The highest BCUT2D eigenvalue weighted by Crippen LogP contribution is 2.42. The molecule has 1 N–H and O–H groups in total. The molecular formula is C22H13BrFN3O5. The lowest BCUT2D eigenvalue weighted by atomic mass is 9.95. The monoisotopic (exact) mass is 497 g/mol. The third-order valence-corrected chi connectivity index (χ3v) is 5.42. The summed E-state index contributed by atoms with van der Waals surface area (Å²) in [7, 11) is 0. The van der Waals surface area contributed by atoms with E-state index in [0.29, 0.717) is 4.47 Å². The number of nitro benzene ring substituents is 1. The average molecular weight is 498 g/mol. The molecule has 1 fully saturated rings. The molecule has 2 aromatic carbocycles. The molecule has 1 amide bonds. The van der Waals surface area contributed by atoms with Crippen LogP contribution >= 0.6 is 15.9 Å². The number of aromatic nitrogens is 1. The molecule has 0 bridgehead atoms. The summed E-state index contributed by atoms with van der Waals surface area (Å²) in [6.07, 6.45) is 1.42. The van der Waals surface area contributed by atoms with Crippen molar-refractivity contribution in [3.63, 3.8) is 0 Å². The van der Waals surface area contributed by atoms with E-state index in [-0.39, 0.29) is 28.2 Å². The summed E-state index contributed by atoms with van der Waals surface area (Å²) in [5, 5.41) is 21.8. The van der Waals surface area contributed by atoms with Crippen molar-refractivity contribution in [1.82, 2.24) is 4.98 Å². The van der Waals surface area contributed by atoms with Gasteiger partial charge in [0.15, 0.2) is 0 Å². The first-order valence-electron chi connectivity index (χ1n) is 9.21. The van der Waals surface area contributed by atoms with E-state index in [2.05, 4.69) is 20.9 Å². The second-order valence-electron chi connectivity index (χ2n) is 6.83. The Kier molecular flexibility index (Phi) is 5.54. The lowest BCUT2D eigenvalue weighted by molar-refractivity contribution is -0.384. The van der Waals surface area contributed by atoms with Crippen molar-refractivity contribution in [2.45, 2.75) is 6.04 Å². The summed E-state index contributed by atoms with van der Waals surface area (Å²) in [6.45, 7) is 0. The van der Waals surface area contributed by atoms with Crippen molar-refractivity contribution < 1.29 is 24.0 Å². The summed E-state index contributed by atoms with van der Waals surface area (Å²) in [6, 6.07) is 12.2. The Labute approximate surface area is 188 Å². The molecule has 32 heavy (non-hydrogen) atoms. The number of aliphatic hydroxyl groups is 1. The number of non-ortho nitro benzene ring substituents is 1. The molecule has 3 aromatic rings. The third kappa shape index (κ3) is 3.65. The summed E-state index contributed by atoms with van der Waals surface area (Å²) in [5.74, 6) is -3.19. The van der Waals surface area contributed by atoms with Gasteiger partial charge in [0.05, 0.1) is 16.5 Å². The van der Waals surface area contributed by atoms with Crippen LogP contribution in [0.1, 0.15) is 17.2 Å². The first-order valence-corrected chi connectivity index (χ1v) is 10.0. The van der Waals surface area contributed by atoms with Crippen LogP contribution in [0.5, 0.6) is 0 Å². The first kappa shape index (κ1) is 21.3. The highest BCUT2D eigenvalue weighted by atomic mass is 79.9. The van der Waals surface area contributed by atoms with Crippen molar-refractivity contribution in [2.24, 2.45) is 0 Å². The first-order chi connectivity index (χ1) is 15.3. The van der Waals surface area contributed by atoms with E-state index < -0.39 is 34.2 Å². The van der Waals surface area contributed by atoms with E-state index in [4.69, 9.17) is 0 Å². The molecule has 160 valence electrons. The van der Waals surface area contributed by atoms with Crippen molar-refractivity contribution in [3.05, 3.63) is 104 Å². The number of Topliss-reactive ketones (excluding diaryl/α,β-unsaturated/α-hetero) is 1. The number of ketones is 1. The van der Waals surface area contributed by atoms with E-state index >= 15 is 0 Å². The maximum absolute atomic E-state index is 14.8. The van der Waals surface area contributed by atoms with Crippen LogP contribution in [0.25, 0.3) is 5.76 Å². The van der Waals surface area contributed by atoms with Gasteiger partial charge in [-0.05, 0) is 46.3 Å². The zero-order valence-corrected chi connectivity index (χ0v) is 17.7. The summed E-state index contributed by atoms with van der Waals surface area (Å²) < 4.78 is 15.4. The molecule has 0 aliphatic carbocycles. The van der Waals surface area contributed by atoms with E-state index in [9.17, 15) is 29.2 Å². The minimum Gasteiger partial charge on any atom is -0.507 e. The van der Waals surface area contributed by atoms with E-state index in [1.807, 2.05) is 0 Å². The normalized spacial score (nSPS) is 17.6. The van der Waals surface area contributed by atoms with Gasteiger partial charge in [0.1, 0.15) is 17.4 Å². The molecule has 4 rings (SSSR count). The fourth-order valence-corrected chi connectivity index (χ4v) is 3.70. The van der Waals surface area contributed by atoms with Crippen LogP contribution in [-0.2, 0) is 9.59 Å². The van der Waals surface area contributed by atoms with Gasteiger partial charge in [0, 0.05) is 33.9 Å². The van der Waals surface area contributed by atoms with Crippen LogP contribution in [0.4, 0.5) is 15.9 Å². The molecule has 8 nitrogen and oxygen atoms in total. The molecule has 0 unspecified atom stereocenters. The molecule has 1 aromatic heterocycles. The lowest BCUT2D eigenvalue weighted by Crippen LogP contribution is -2.30. The van der Waals surface area contributed by atoms with Crippen LogP contribution in [-0.4, -0.2) is 26.7 Å². The fraction of sp³-hybridized carbons (Fsp3) is 0.0455. The second-order valence-corrected chi connectivity index (χ2v) is 7.74. The van der Waals surface area contributed by atoms with Crippen LogP contribution in [0.15, 0.2) is 76.9 Å². The zero-order chi connectivity index (χ0) is 23.0. The van der Waals surface area contributed by atoms with Gasteiger partial charge in [-0.1, -0.05) is 18.2 Å². The third-order valence-electron chi connectivity index (χ3n) is 4.95. The lowest BCUT2D eigenvalue weighted by Gasteiger charge is -2.24. The molecule has 0 saturated carbocycles. The van der Waals surface area contributed by atoms with Gasteiger partial charge in [-0.15, -0.1) is 0 Å². The Morgan fingerprint density at radius 2 is 1.78 bits per heavy atom. The molecule has 1 atom stereocenters. The highest BCUT2D eigenvalue weighted by molar-refractivity contribution is 9.10. The largest absolute Gasteiger partial charge is 0.507 e. The topological polar surface area (TPSA) is 114 Å². The van der Waals surface area contributed by atoms with E-state index in [1.54, 1.807) is 12.1 Å². The second kappa shape index (κ2) is 8.31. The van der Waals surface area contributed by atoms with Crippen molar-refractivity contribution in [3.8, 4) is 0 Å². The number of carbonyl (C=O) groups is 2. The van der Waals surface area contributed by atoms with E-state index in [1.165, 1.54) is 42.6 Å². The average Bonchev–Trinajstić information content (AvgIpc) is 3.05. The number of hydrogen-bond acceptors (Lipinski definition) is 6. The number of pyridine rings is 1. The summed E-state index contributed by atoms with van der Waals surface area (Å²) >= 11 is 3.24. The Morgan fingerprint density at radius 3 is 2.38 bits per heavy atom. The number of rotatable bonds is 4. The number of hydrogen-bond donors (Lipinski definition) is 1. The molecular weight excluding hydrogens is 485 g/mol. The zero-order valence-electron chi connectivity index (χ0n) is 16.1. The maximum Gasteiger partial charge on any atom is 0.301 e. The number of benzene rings is 2. The van der Waals surface area contributed by atoms with Gasteiger partial charge < -0.3 is 5.11 Å². The smallest absolute Gasteiger partial charge is 0.301 e. The minimum absolute atomic E-state index is 0.0140. The van der Waals surface area contributed by atoms with Crippen LogP contribution in [0.3, 0.4) is 0 Å². The number of aliphatic hydroxyl groups excluding tert-OH is 1. The summed E-state index contributed by atoms with van der Waals surface area (Å²) in [5.41, 5.74) is -0.510. The summed E-state index contributed by atoms with van der Waals surface area (Å²) in [4.78, 5) is 41.4. The number of nitrogens with zero attached hydrogens (tertiary/aromatic N) is 3. The van der Waals surface area contributed by atoms with Crippen molar-refractivity contribution in [1.29, 1.82) is 0 Å². The van der Waals surface area contributed by atoms with Gasteiger partial charge in [0.25, 0.3) is 11.5 Å². The van der Waals surface area contributed by atoms with Gasteiger partial charge in [-0.2, -0.15) is 0 Å². The Morgan fingerprint density at radius 1 is 1.09 bits per heavy atom. The van der Waals surface area contributed by atoms with Gasteiger partial charge in [0.2, 0.25) is 0 Å². The molecule has 1 aliphatic heterocycles. The quantitative estimate of drug-likeness (QED) is 0.186.